The number of hydrogen-bond acceptors (Lipinski definition) is 3. The third-order valence-electron chi connectivity index (χ3n) is 4.11. The fourth-order valence-corrected chi connectivity index (χ4v) is 3.43. The Morgan fingerprint density at radius 3 is 2.42 bits per heavy atom. The van der Waals surface area contributed by atoms with Crippen molar-refractivity contribution < 1.29 is 9.53 Å². The van der Waals surface area contributed by atoms with E-state index >= 15 is 0 Å². The van der Waals surface area contributed by atoms with Crippen LogP contribution in [0.2, 0.25) is 0 Å². The number of benzene rings is 2. The largest absolute Gasteiger partial charge is 0.357 e. The fourth-order valence-electron chi connectivity index (χ4n) is 3.03. The third kappa shape index (κ3) is 2.77. The fraction of sp³-hybridized carbons (Fsp3) is 0.263. The Hall–Kier alpha value is -2.35. The number of alkyl halides is 1. The standard InChI is InChI=1S/C19H17ClN2O2/c1-2-24-19-17(20)15-11-7-6-10-14(15)16(12-21)22(19)18(23)13-8-4-3-5-9-13/h3-11,16-17,19H,2H2,1H3. The van der Waals surface area contributed by atoms with Crippen molar-refractivity contribution in [1.82, 2.24) is 4.90 Å². The summed E-state index contributed by atoms with van der Waals surface area (Å²) in [4.78, 5) is 14.5. The summed E-state index contributed by atoms with van der Waals surface area (Å²) in [6, 6.07) is 17.8. The maximum absolute atomic E-state index is 13.0. The summed E-state index contributed by atoms with van der Waals surface area (Å²) >= 11 is 6.61. The lowest BCUT2D eigenvalue weighted by molar-refractivity contribution is -0.0588. The maximum atomic E-state index is 13.0. The number of nitriles is 1. The quantitative estimate of drug-likeness (QED) is 0.792. The van der Waals surface area contributed by atoms with Crippen molar-refractivity contribution in [3.8, 4) is 6.07 Å². The average molecular weight is 341 g/mol. The Morgan fingerprint density at radius 2 is 1.79 bits per heavy atom. The van der Waals surface area contributed by atoms with Gasteiger partial charge < -0.3 is 4.74 Å². The van der Waals surface area contributed by atoms with Crippen molar-refractivity contribution in [3.63, 3.8) is 0 Å². The lowest BCUT2D eigenvalue weighted by Gasteiger charge is -2.42. The molecule has 1 heterocycles. The van der Waals surface area contributed by atoms with Crippen molar-refractivity contribution >= 4 is 17.5 Å². The first-order valence-corrected chi connectivity index (χ1v) is 8.24. The number of rotatable bonds is 3. The molecular weight excluding hydrogens is 324 g/mol. The lowest BCUT2D eigenvalue weighted by atomic mass is 9.91. The van der Waals surface area contributed by atoms with Gasteiger partial charge in [-0.1, -0.05) is 42.5 Å². The minimum absolute atomic E-state index is 0.263. The van der Waals surface area contributed by atoms with E-state index in [-0.39, 0.29) is 5.91 Å². The van der Waals surface area contributed by atoms with E-state index in [4.69, 9.17) is 16.3 Å². The zero-order valence-electron chi connectivity index (χ0n) is 13.2. The Kier molecular flexibility index (Phi) is 4.84. The molecule has 1 amide bonds. The monoisotopic (exact) mass is 340 g/mol. The van der Waals surface area contributed by atoms with E-state index in [2.05, 4.69) is 6.07 Å². The number of fused-ring (bicyclic) bond motifs is 1. The number of nitrogens with zero attached hydrogens (tertiary/aromatic N) is 2. The topological polar surface area (TPSA) is 53.3 Å². The van der Waals surface area contributed by atoms with E-state index < -0.39 is 17.6 Å². The van der Waals surface area contributed by atoms with Crippen LogP contribution in [0.3, 0.4) is 0 Å². The summed E-state index contributed by atoms with van der Waals surface area (Å²) in [6.45, 7) is 2.24. The summed E-state index contributed by atoms with van der Waals surface area (Å²) in [7, 11) is 0. The second-order valence-corrected chi connectivity index (χ2v) is 5.96. The van der Waals surface area contributed by atoms with Gasteiger partial charge in [-0.3, -0.25) is 9.69 Å². The van der Waals surface area contributed by atoms with Crippen LogP contribution in [0, 0.1) is 11.3 Å². The van der Waals surface area contributed by atoms with E-state index in [0.29, 0.717) is 12.2 Å². The van der Waals surface area contributed by atoms with Gasteiger partial charge in [-0.2, -0.15) is 5.26 Å². The zero-order valence-corrected chi connectivity index (χ0v) is 14.0. The van der Waals surface area contributed by atoms with Gasteiger partial charge in [0.15, 0.2) is 6.23 Å². The van der Waals surface area contributed by atoms with Gasteiger partial charge in [-0.25, -0.2) is 0 Å². The Labute approximate surface area is 146 Å². The molecule has 0 saturated heterocycles. The van der Waals surface area contributed by atoms with E-state index in [0.717, 1.165) is 11.1 Å². The summed E-state index contributed by atoms with van der Waals surface area (Å²) < 4.78 is 5.76. The highest BCUT2D eigenvalue weighted by Gasteiger charge is 2.43. The molecule has 0 spiro atoms. The highest BCUT2D eigenvalue weighted by atomic mass is 35.5. The first-order chi connectivity index (χ1) is 11.7. The molecule has 3 atom stereocenters. The SMILES string of the molecule is CCOC1C(Cl)c2ccccc2C(C#N)N1C(=O)c1ccccc1. The van der Waals surface area contributed by atoms with Crippen LogP contribution >= 0.6 is 11.6 Å². The first kappa shape index (κ1) is 16.5. The normalized spacial score (nSPS) is 22.5. The molecule has 0 saturated carbocycles. The summed E-state index contributed by atoms with van der Waals surface area (Å²) in [5.74, 6) is -0.263. The predicted octanol–water partition coefficient (Wildman–Crippen LogP) is 4.05. The van der Waals surface area contributed by atoms with Gasteiger partial charge in [0.2, 0.25) is 0 Å². The van der Waals surface area contributed by atoms with Crippen LogP contribution in [0.1, 0.15) is 39.8 Å². The number of ether oxygens (including phenoxy) is 1. The molecule has 122 valence electrons. The van der Waals surface area contributed by atoms with Gasteiger partial charge in [0.05, 0.1) is 6.07 Å². The van der Waals surface area contributed by atoms with Gasteiger partial charge >= 0.3 is 0 Å². The number of hydrogen-bond donors (Lipinski definition) is 0. The molecule has 1 aliphatic heterocycles. The van der Waals surface area contributed by atoms with Crippen LogP contribution in [0.15, 0.2) is 54.6 Å². The molecule has 0 aliphatic carbocycles. The van der Waals surface area contributed by atoms with E-state index in [1.54, 1.807) is 24.3 Å². The van der Waals surface area contributed by atoms with Crippen LogP contribution in [0.4, 0.5) is 0 Å². The zero-order chi connectivity index (χ0) is 17.1. The molecule has 1 aliphatic rings. The van der Waals surface area contributed by atoms with Crippen LogP contribution in [-0.4, -0.2) is 23.6 Å². The highest BCUT2D eigenvalue weighted by Crippen LogP contribution is 2.43. The molecule has 0 radical (unpaired) electrons. The van der Waals surface area contributed by atoms with Crippen molar-refractivity contribution in [2.75, 3.05) is 6.61 Å². The van der Waals surface area contributed by atoms with Crippen LogP contribution in [0.5, 0.6) is 0 Å². The second-order valence-electron chi connectivity index (χ2n) is 5.49. The molecule has 0 fully saturated rings. The van der Waals surface area contributed by atoms with Crippen LogP contribution in [0.25, 0.3) is 0 Å². The van der Waals surface area contributed by atoms with Gasteiger partial charge in [-0.05, 0) is 30.2 Å². The lowest BCUT2D eigenvalue weighted by Crippen LogP contribution is -2.49. The van der Waals surface area contributed by atoms with E-state index in [1.165, 1.54) is 4.90 Å². The average Bonchev–Trinajstić information content (AvgIpc) is 2.64. The highest BCUT2D eigenvalue weighted by molar-refractivity contribution is 6.21. The van der Waals surface area contributed by atoms with Crippen molar-refractivity contribution in [2.24, 2.45) is 0 Å². The maximum Gasteiger partial charge on any atom is 0.257 e. The smallest absolute Gasteiger partial charge is 0.257 e. The molecule has 2 aromatic carbocycles. The van der Waals surface area contributed by atoms with E-state index in [9.17, 15) is 10.1 Å². The molecular formula is C19H17ClN2O2. The number of amides is 1. The molecule has 4 nitrogen and oxygen atoms in total. The number of carbonyl (C=O) groups excluding carboxylic acids is 1. The molecule has 0 N–H and O–H groups in total. The molecule has 2 aromatic rings. The minimum atomic E-state index is -0.736. The second kappa shape index (κ2) is 7.04. The molecule has 3 rings (SSSR count). The Morgan fingerprint density at radius 1 is 1.17 bits per heavy atom. The third-order valence-corrected chi connectivity index (χ3v) is 4.56. The van der Waals surface area contributed by atoms with Gasteiger partial charge in [0.25, 0.3) is 5.91 Å². The van der Waals surface area contributed by atoms with Gasteiger partial charge in [0, 0.05) is 12.2 Å². The first-order valence-electron chi connectivity index (χ1n) is 7.80. The Bertz CT molecular complexity index is 772. The van der Waals surface area contributed by atoms with Gasteiger partial charge in [-0.15, -0.1) is 11.6 Å². The molecule has 0 bridgehead atoms. The van der Waals surface area contributed by atoms with Crippen LogP contribution < -0.4 is 0 Å². The van der Waals surface area contributed by atoms with Crippen LogP contribution in [-0.2, 0) is 4.74 Å². The number of halogens is 1. The van der Waals surface area contributed by atoms with E-state index in [1.807, 2.05) is 37.3 Å². The van der Waals surface area contributed by atoms with Crippen molar-refractivity contribution in [2.45, 2.75) is 24.6 Å². The summed E-state index contributed by atoms with van der Waals surface area (Å²) in [5.41, 5.74) is 2.09. The molecule has 3 unspecified atom stereocenters. The molecule has 0 aromatic heterocycles. The van der Waals surface area contributed by atoms with Gasteiger partial charge in [0.1, 0.15) is 11.4 Å². The minimum Gasteiger partial charge on any atom is -0.357 e. The number of carbonyl (C=O) groups is 1. The Balaban J connectivity index is 2.11. The van der Waals surface area contributed by atoms with Crippen molar-refractivity contribution in [3.05, 3.63) is 71.3 Å². The summed E-state index contributed by atoms with van der Waals surface area (Å²) in [6.07, 6.45) is -0.691. The summed E-state index contributed by atoms with van der Waals surface area (Å²) in [5, 5.41) is 9.20. The molecule has 24 heavy (non-hydrogen) atoms. The predicted molar refractivity (Wildman–Crippen MR) is 91.4 cm³/mol. The molecule has 5 heteroatoms. The van der Waals surface area contributed by atoms with Crippen molar-refractivity contribution in [1.29, 1.82) is 5.26 Å².